The Morgan fingerprint density at radius 3 is 2.89 bits per heavy atom. The lowest BCUT2D eigenvalue weighted by Gasteiger charge is -2.34. The van der Waals surface area contributed by atoms with E-state index in [0.29, 0.717) is 11.1 Å². The monoisotopic (exact) mass is 267 g/mol. The summed E-state index contributed by atoms with van der Waals surface area (Å²) in [5, 5.41) is 10.4. The first-order valence-electron chi connectivity index (χ1n) is 6.74. The lowest BCUT2D eigenvalue weighted by molar-refractivity contribution is 0.156. The van der Waals surface area contributed by atoms with E-state index in [1.165, 1.54) is 25.7 Å². The maximum absolute atomic E-state index is 9.94. The summed E-state index contributed by atoms with van der Waals surface area (Å²) in [5.74, 6) is 1.05. The van der Waals surface area contributed by atoms with E-state index in [1.807, 2.05) is 12.1 Å². The Bertz CT molecular complexity index is 407. The fourth-order valence-corrected chi connectivity index (χ4v) is 3.08. The number of phenolic OH excluding ortho intramolecular Hbond substituents is 1. The minimum atomic E-state index is 0.231. The molecule has 0 radical (unpaired) electrons. The lowest BCUT2D eigenvalue weighted by atomic mass is 9.86. The number of rotatable bonds is 3. The highest BCUT2D eigenvalue weighted by atomic mass is 35.5. The van der Waals surface area contributed by atoms with Gasteiger partial charge in [0.1, 0.15) is 5.75 Å². The zero-order chi connectivity index (χ0) is 13.1. The zero-order valence-electron chi connectivity index (χ0n) is 11.2. The minimum Gasteiger partial charge on any atom is -0.506 e. The predicted molar refractivity (Wildman–Crippen MR) is 76.0 cm³/mol. The molecule has 2 rings (SSSR count). The molecule has 0 spiro atoms. The summed E-state index contributed by atoms with van der Waals surface area (Å²) < 4.78 is 0. The summed E-state index contributed by atoms with van der Waals surface area (Å²) in [7, 11) is 2.14. The summed E-state index contributed by atoms with van der Waals surface area (Å²) in [5.41, 5.74) is 0.920. The van der Waals surface area contributed by atoms with Crippen LogP contribution in [-0.2, 0) is 6.54 Å². The third-order valence-corrected chi connectivity index (χ3v) is 4.33. The van der Waals surface area contributed by atoms with Crippen molar-refractivity contribution < 1.29 is 5.11 Å². The molecule has 1 fully saturated rings. The average Bonchev–Trinajstić information content (AvgIpc) is 2.35. The van der Waals surface area contributed by atoms with Gasteiger partial charge >= 0.3 is 0 Å². The molecule has 0 amide bonds. The normalized spacial score (nSPS) is 24.4. The summed E-state index contributed by atoms with van der Waals surface area (Å²) in [6.07, 6.45) is 5.20. The molecule has 18 heavy (non-hydrogen) atoms. The number of benzene rings is 1. The highest BCUT2D eigenvalue weighted by molar-refractivity contribution is 6.32. The van der Waals surface area contributed by atoms with E-state index in [2.05, 4.69) is 18.9 Å². The van der Waals surface area contributed by atoms with E-state index in [-0.39, 0.29) is 5.75 Å². The molecule has 1 aliphatic carbocycles. The van der Waals surface area contributed by atoms with Crippen molar-refractivity contribution in [3.8, 4) is 5.75 Å². The van der Waals surface area contributed by atoms with Crippen molar-refractivity contribution in [1.29, 1.82) is 0 Å². The van der Waals surface area contributed by atoms with E-state index in [1.54, 1.807) is 6.07 Å². The van der Waals surface area contributed by atoms with Gasteiger partial charge in [0.2, 0.25) is 0 Å². The topological polar surface area (TPSA) is 23.5 Å². The maximum atomic E-state index is 9.94. The van der Waals surface area contributed by atoms with Gasteiger partial charge < -0.3 is 5.11 Å². The SMILES string of the molecule is CC1CCCC(N(C)Cc2cccc(Cl)c2O)C1. The van der Waals surface area contributed by atoms with Crippen LogP contribution in [0.5, 0.6) is 5.75 Å². The molecule has 100 valence electrons. The molecular weight excluding hydrogens is 246 g/mol. The van der Waals surface area contributed by atoms with Crippen LogP contribution in [0.4, 0.5) is 0 Å². The van der Waals surface area contributed by atoms with E-state index in [9.17, 15) is 5.11 Å². The molecule has 0 aliphatic heterocycles. The maximum Gasteiger partial charge on any atom is 0.138 e. The molecule has 1 aromatic rings. The second-order valence-electron chi connectivity index (χ2n) is 5.59. The van der Waals surface area contributed by atoms with Crippen LogP contribution in [-0.4, -0.2) is 23.1 Å². The van der Waals surface area contributed by atoms with Crippen LogP contribution < -0.4 is 0 Å². The largest absolute Gasteiger partial charge is 0.506 e. The van der Waals surface area contributed by atoms with Crippen molar-refractivity contribution in [3.05, 3.63) is 28.8 Å². The number of aromatic hydroxyl groups is 1. The number of hydrogen-bond donors (Lipinski definition) is 1. The highest BCUT2D eigenvalue weighted by Gasteiger charge is 2.22. The van der Waals surface area contributed by atoms with Gasteiger partial charge in [-0.3, -0.25) is 4.90 Å². The van der Waals surface area contributed by atoms with Crippen LogP contribution in [0.2, 0.25) is 5.02 Å². The van der Waals surface area contributed by atoms with Crippen LogP contribution >= 0.6 is 11.6 Å². The van der Waals surface area contributed by atoms with Crippen molar-refractivity contribution in [2.24, 2.45) is 5.92 Å². The Morgan fingerprint density at radius 1 is 1.39 bits per heavy atom. The minimum absolute atomic E-state index is 0.231. The Labute approximate surface area is 115 Å². The van der Waals surface area contributed by atoms with Crippen LogP contribution in [0.15, 0.2) is 18.2 Å². The molecule has 0 bridgehead atoms. The molecule has 1 aromatic carbocycles. The number of para-hydroxylation sites is 1. The number of nitrogens with zero attached hydrogens (tertiary/aromatic N) is 1. The smallest absolute Gasteiger partial charge is 0.138 e. The number of hydrogen-bond acceptors (Lipinski definition) is 2. The second kappa shape index (κ2) is 5.94. The van der Waals surface area contributed by atoms with Gasteiger partial charge in [0, 0.05) is 18.2 Å². The fourth-order valence-electron chi connectivity index (χ4n) is 2.89. The fraction of sp³-hybridized carbons (Fsp3) is 0.600. The van der Waals surface area contributed by atoms with Crippen LogP contribution in [0.3, 0.4) is 0 Å². The Hall–Kier alpha value is -0.730. The second-order valence-corrected chi connectivity index (χ2v) is 6.00. The van der Waals surface area contributed by atoms with Gasteiger partial charge in [-0.15, -0.1) is 0 Å². The van der Waals surface area contributed by atoms with Crippen LogP contribution in [0.25, 0.3) is 0 Å². The molecular formula is C15H22ClNO. The Morgan fingerprint density at radius 2 is 2.17 bits per heavy atom. The third kappa shape index (κ3) is 3.18. The standard InChI is InChI=1S/C15H22ClNO/c1-11-5-3-7-13(9-11)17(2)10-12-6-4-8-14(16)15(12)18/h4,6,8,11,13,18H,3,5,7,9-10H2,1-2H3. The summed E-state index contributed by atoms with van der Waals surface area (Å²) in [6.45, 7) is 3.10. The molecule has 1 saturated carbocycles. The van der Waals surface area contributed by atoms with Gasteiger partial charge in [-0.25, -0.2) is 0 Å². The first kappa shape index (κ1) is 13.7. The summed E-state index contributed by atoms with van der Waals surface area (Å²) in [4.78, 5) is 2.35. The van der Waals surface area contributed by atoms with Crippen molar-refractivity contribution in [1.82, 2.24) is 4.90 Å². The average molecular weight is 268 g/mol. The first-order chi connectivity index (χ1) is 8.58. The predicted octanol–water partition coefficient (Wildman–Crippen LogP) is 4.06. The van der Waals surface area contributed by atoms with Crippen molar-refractivity contribution in [2.75, 3.05) is 7.05 Å². The van der Waals surface area contributed by atoms with Crippen LogP contribution in [0.1, 0.15) is 38.2 Å². The summed E-state index contributed by atoms with van der Waals surface area (Å²) in [6, 6.07) is 6.20. The molecule has 0 aromatic heterocycles. The van der Waals surface area contributed by atoms with Gasteiger partial charge in [-0.1, -0.05) is 43.5 Å². The molecule has 1 N–H and O–H groups in total. The van der Waals surface area contributed by atoms with Gasteiger partial charge in [-0.2, -0.15) is 0 Å². The van der Waals surface area contributed by atoms with Gasteiger partial charge in [0.05, 0.1) is 5.02 Å². The van der Waals surface area contributed by atoms with E-state index >= 15 is 0 Å². The Kier molecular flexibility index (Phi) is 4.52. The molecule has 1 aliphatic rings. The molecule has 2 atom stereocenters. The first-order valence-corrected chi connectivity index (χ1v) is 7.12. The molecule has 2 nitrogen and oxygen atoms in total. The quantitative estimate of drug-likeness (QED) is 0.893. The Balaban J connectivity index is 2.02. The zero-order valence-corrected chi connectivity index (χ0v) is 12.0. The van der Waals surface area contributed by atoms with Crippen LogP contribution in [0, 0.1) is 5.92 Å². The van der Waals surface area contributed by atoms with Crippen molar-refractivity contribution in [3.63, 3.8) is 0 Å². The third-order valence-electron chi connectivity index (χ3n) is 4.02. The lowest BCUT2D eigenvalue weighted by Crippen LogP contribution is -2.35. The van der Waals surface area contributed by atoms with E-state index in [0.717, 1.165) is 18.0 Å². The molecule has 3 heteroatoms. The van der Waals surface area contributed by atoms with Gasteiger partial charge in [0.25, 0.3) is 0 Å². The number of phenols is 1. The van der Waals surface area contributed by atoms with Crippen molar-refractivity contribution in [2.45, 2.75) is 45.2 Å². The summed E-state index contributed by atoms with van der Waals surface area (Å²) >= 11 is 5.94. The molecule has 0 heterocycles. The van der Waals surface area contributed by atoms with E-state index < -0.39 is 0 Å². The van der Waals surface area contributed by atoms with E-state index in [4.69, 9.17) is 11.6 Å². The highest BCUT2D eigenvalue weighted by Crippen LogP contribution is 2.31. The van der Waals surface area contributed by atoms with Crippen molar-refractivity contribution >= 4 is 11.6 Å². The van der Waals surface area contributed by atoms with Gasteiger partial charge in [0.15, 0.2) is 0 Å². The van der Waals surface area contributed by atoms with Gasteiger partial charge in [-0.05, 0) is 31.9 Å². The molecule has 2 unspecified atom stereocenters. The molecule has 0 saturated heterocycles. The number of halogens is 1.